The summed E-state index contributed by atoms with van der Waals surface area (Å²) < 4.78 is 24.3. The van der Waals surface area contributed by atoms with Crippen molar-refractivity contribution in [3.05, 3.63) is 53.3 Å². The van der Waals surface area contributed by atoms with Crippen LogP contribution in [0.25, 0.3) is 11.0 Å². The van der Waals surface area contributed by atoms with Gasteiger partial charge in [0, 0.05) is 37.5 Å². The van der Waals surface area contributed by atoms with E-state index in [9.17, 15) is 8.42 Å². The Kier molecular flexibility index (Phi) is 4.84. The number of H-pyrrole nitrogens is 1. The molecule has 1 fully saturated rings. The molecule has 3 aromatic rings. The summed E-state index contributed by atoms with van der Waals surface area (Å²) in [5, 5.41) is 0.433. The Morgan fingerprint density at radius 3 is 2.56 bits per heavy atom. The molecular formula is C19H21ClN4O2S. The second-order valence-electron chi connectivity index (χ2n) is 6.85. The van der Waals surface area contributed by atoms with Crippen LogP contribution in [0.2, 0.25) is 5.02 Å². The molecule has 1 N–H and O–H groups in total. The number of aromatic nitrogens is 2. The molecule has 27 heavy (non-hydrogen) atoms. The number of anilines is 1. The standard InChI is InChI=1S/C19H21ClN4O2S/c1-27(25,26)18-12-14(20)6-7-17(18)24-10-8-23(9-11-24)13-19-21-15-4-2-3-5-16(15)22-19/h2-7,12H,8-11,13H2,1H3,(H,21,22). The van der Waals surface area contributed by atoms with E-state index in [0.717, 1.165) is 55.3 Å². The third-order valence-corrected chi connectivity index (χ3v) is 6.21. The molecular weight excluding hydrogens is 384 g/mol. The molecule has 4 rings (SSSR count). The number of nitrogens with zero attached hydrogens (tertiary/aromatic N) is 3. The highest BCUT2D eigenvalue weighted by Crippen LogP contribution is 2.29. The van der Waals surface area contributed by atoms with Gasteiger partial charge in [-0.2, -0.15) is 0 Å². The zero-order chi connectivity index (χ0) is 19.0. The molecule has 1 saturated heterocycles. The number of hydrogen-bond donors (Lipinski definition) is 1. The minimum Gasteiger partial charge on any atom is -0.368 e. The molecule has 1 aliphatic rings. The normalized spacial score (nSPS) is 16.1. The molecule has 6 nitrogen and oxygen atoms in total. The number of aromatic amines is 1. The number of fused-ring (bicyclic) bond motifs is 1. The van der Waals surface area contributed by atoms with Crippen molar-refractivity contribution in [1.29, 1.82) is 0 Å². The molecule has 0 unspecified atom stereocenters. The van der Waals surface area contributed by atoms with Gasteiger partial charge in [0.05, 0.1) is 28.2 Å². The monoisotopic (exact) mass is 404 g/mol. The van der Waals surface area contributed by atoms with Crippen LogP contribution in [-0.2, 0) is 16.4 Å². The number of sulfone groups is 1. The van der Waals surface area contributed by atoms with Crippen molar-refractivity contribution in [1.82, 2.24) is 14.9 Å². The Bertz CT molecular complexity index is 1040. The Morgan fingerprint density at radius 2 is 1.85 bits per heavy atom. The van der Waals surface area contributed by atoms with Crippen LogP contribution in [0.4, 0.5) is 5.69 Å². The number of halogens is 1. The molecule has 0 radical (unpaired) electrons. The van der Waals surface area contributed by atoms with Crippen molar-refractivity contribution in [2.75, 3.05) is 37.3 Å². The molecule has 1 aliphatic heterocycles. The van der Waals surface area contributed by atoms with Crippen molar-refractivity contribution >= 4 is 38.2 Å². The van der Waals surface area contributed by atoms with Crippen molar-refractivity contribution in [3.63, 3.8) is 0 Å². The van der Waals surface area contributed by atoms with Crippen LogP contribution in [0.3, 0.4) is 0 Å². The van der Waals surface area contributed by atoms with Gasteiger partial charge in [-0.1, -0.05) is 23.7 Å². The van der Waals surface area contributed by atoms with E-state index in [4.69, 9.17) is 11.6 Å². The summed E-state index contributed by atoms with van der Waals surface area (Å²) in [6.07, 6.45) is 1.22. The molecule has 0 spiro atoms. The molecule has 0 saturated carbocycles. The minimum atomic E-state index is -3.34. The number of hydrogen-bond acceptors (Lipinski definition) is 5. The SMILES string of the molecule is CS(=O)(=O)c1cc(Cl)ccc1N1CCN(Cc2nc3ccccc3[nH]2)CC1. The molecule has 0 bridgehead atoms. The lowest BCUT2D eigenvalue weighted by molar-refractivity contribution is 0.244. The maximum absolute atomic E-state index is 12.1. The Morgan fingerprint density at radius 1 is 1.11 bits per heavy atom. The van der Waals surface area contributed by atoms with E-state index < -0.39 is 9.84 Å². The van der Waals surface area contributed by atoms with E-state index in [1.165, 1.54) is 12.3 Å². The van der Waals surface area contributed by atoms with Gasteiger partial charge < -0.3 is 9.88 Å². The summed E-state index contributed by atoms with van der Waals surface area (Å²) in [7, 11) is -3.34. The fourth-order valence-electron chi connectivity index (χ4n) is 3.49. The number of imidazole rings is 1. The topological polar surface area (TPSA) is 69.3 Å². The maximum atomic E-state index is 12.1. The molecule has 8 heteroatoms. The van der Waals surface area contributed by atoms with E-state index in [2.05, 4.69) is 19.8 Å². The first kappa shape index (κ1) is 18.3. The molecule has 1 aromatic heterocycles. The van der Waals surface area contributed by atoms with Gasteiger partial charge in [-0.05, 0) is 30.3 Å². The first-order chi connectivity index (χ1) is 12.9. The van der Waals surface area contributed by atoms with Crippen LogP contribution in [0.15, 0.2) is 47.4 Å². The maximum Gasteiger partial charge on any atom is 0.177 e. The molecule has 142 valence electrons. The van der Waals surface area contributed by atoms with E-state index in [1.807, 2.05) is 24.3 Å². The van der Waals surface area contributed by atoms with Crippen LogP contribution in [0.1, 0.15) is 5.82 Å². The lowest BCUT2D eigenvalue weighted by atomic mass is 10.2. The third kappa shape index (κ3) is 3.95. The predicted octanol–water partition coefficient (Wildman–Crippen LogP) is 2.94. The molecule has 0 amide bonds. The highest BCUT2D eigenvalue weighted by molar-refractivity contribution is 7.90. The van der Waals surface area contributed by atoms with E-state index in [0.29, 0.717) is 9.92 Å². The predicted molar refractivity (Wildman–Crippen MR) is 108 cm³/mol. The number of benzene rings is 2. The molecule has 0 atom stereocenters. The van der Waals surface area contributed by atoms with Gasteiger partial charge in [-0.3, -0.25) is 4.90 Å². The summed E-state index contributed by atoms with van der Waals surface area (Å²) in [5.41, 5.74) is 2.75. The van der Waals surface area contributed by atoms with E-state index in [-0.39, 0.29) is 0 Å². The number of para-hydroxylation sites is 2. The summed E-state index contributed by atoms with van der Waals surface area (Å²) in [6, 6.07) is 13.1. The quantitative estimate of drug-likeness (QED) is 0.724. The Balaban J connectivity index is 1.46. The summed E-state index contributed by atoms with van der Waals surface area (Å²) in [6.45, 7) is 3.93. The first-order valence-electron chi connectivity index (χ1n) is 8.81. The van der Waals surface area contributed by atoms with Crippen molar-refractivity contribution in [3.8, 4) is 0 Å². The van der Waals surface area contributed by atoms with Gasteiger partial charge in [0.1, 0.15) is 5.82 Å². The lowest BCUT2D eigenvalue weighted by Crippen LogP contribution is -2.46. The minimum absolute atomic E-state index is 0.292. The molecule has 0 aliphatic carbocycles. The van der Waals surface area contributed by atoms with Crippen LogP contribution >= 0.6 is 11.6 Å². The van der Waals surface area contributed by atoms with Crippen LogP contribution in [0, 0.1) is 0 Å². The van der Waals surface area contributed by atoms with Gasteiger partial charge in [0.2, 0.25) is 0 Å². The van der Waals surface area contributed by atoms with Gasteiger partial charge >= 0.3 is 0 Å². The Labute approximate surface area is 163 Å². The second kappa shape index (κ2) is 7.14. The second-order valence-corrected chi connectivity index (χ2v) is 9.27. The smallest absolute Gasteiger partial charge is 0.177 e. The van der Waals surface area contributed by atoms with Crippen LogP contribution < -0.4 is 4.90 Å². The largest absolute Gasteiger partial charge is 0.368 e. The average molecular weight is 405 g/mol. The highest BCUT2D eigenvalue weighted by Gasteiger charge is 2.23. The fourth-order valence-corrected chi connectivity index (χ4v) is 4.64. The van der Waals surface area contributed by atoms with Crippen molar-refractivity contribution in [2.45, 2.75) is 11.4 Å². The van der Waals surface area contributed by atoms with Crippen LogP contribution in [-0.4, -0.2) is 55.7 Å². The zero-order valence-corrected chi connectivity index (χ0v) is 16.6. The van der Waals surface area contributed by atoms with Gasteiger partial charge in [-0.15, -0.1) is 0 Å². The van der Waals surface area contributed by atoms with Gasteiger partial charge in [-0.25, -0.2) is 13.4 Å². The summed E-state index contributed by atoms with van der Waals surface area (Å²) in [5.74, 6) is 0.952. The molecule has 2 heterocycles. The van der Waals surface area contributed by atoms with Crippen molar-refractivity contribution in [2.24, 2.45) is 0 Å². The number of nitrogens with one attached hydrogen (secondary N) is 1. The zero-order valence-electron chi connectivity index (χ0n) is 15.0. The highest BCUT2D eigenvalue weighted by atomic mass is 35.5. The van der Waals surface area contributed by atoms with Crippen molar-refractivity contribution < 1.29 is 8.42 Å². The fraction of sp³-hybridized carbons (Fsp3) is 0.316. The summed E-state index contributed by atoms with van der Waals surface area (Å²) in [4.78, 5) is 12.7. The first-order valence-corrected chi connectivity index (χ1v) is 11.1. The summed E-state index contributed by atoms with van der Waals surface area (Å²) >= 11 is 6.01. The van der Waals surface area contributed by atoms with Gasteiger partial charge in [0.15, 0.2) is 9.84 Å². The Hall–Kier alpha value is -2.09. The number of rotatable bonds is 4. The van der Waals surface area contributed by atoms with Crippen LogP contribution in [0.5, 0.6) is 0 Å². The van der Waals surface area contributed by atoms with Gasteiger partial charge in [0.25, 0.3) is 0 Å². The average Bonchev–Trinajstić information content (AvgIpc) is 3.04. The number of piperazine rings is 1. The lowest BCUT2D eigenvalue weighted by Gasteiger charge is -2.36. The van der Waals surface area contributed by atoms with E-state index >= 15 is 0 Å². The van der Waals surface area contributed by atoms with E-state index in [1.54, 1.807) is 12.1 Å². The molecule has 2 aromatic carbocycles. The third-order valence-electron chi connectivity index (χ3n) is 4.85.